The van der Waals surface area contributed by atoms with Crippen molar-refractivity contribution >= 4 is 0 Å². The Kier molecular flexibility index (Phi) is 3.85. The summed E-state index contributed by atoms with van der Waals surface area (Å²) in [4.78, 5) is 0. The Labute approximate surface area is 106 Å². The van der Waals surface area contributed by atoms with E-state index >= 15 is 0 Å². The van der Waals surface area contributed by atoms with Crippen LogP contribution in [-0.2, 0) is 0 Å². The molecule has 0 amide bonds. The fourth-order valence-corrected chi connectivity index (χ4v) is 3.78. The molecule has 96 valence electrons. The van der Waals surface area contributed by atoms with Gasteiger partial charge in [-0.25, -0.2) is 0 Å². The summed E-state index contributed by atoms with van der Waals surface area (Å²) in [6.45, 7) is 1.27. The lowest BCUT2D eigenvalue weighted by Crippen LogP contribution is -2.37. The van der Waals surface area contributed by atoms with E-state index in [2.05, 4.69) is 17.5 Å². The van der Waals surface area contributed by atoms with E-state index < -0.39 is 0 Å². The first kappa shape index (κ1) is 11.8. The third kappa shape index (κ3) is 3.34. The second-order valence-corrected chi connectivity index (χ2v) is 6.52. The molecule has 3 rings (SSSR count). The Balaban J connectivity index is 1.40. The number of hydrogen-bond donors (Lipinski definition) is 1. The maximum Gasteiger partial charge on any atom is 0.00699 e. The smallest absolute Gasteiger partial charge is 0.00699 e. The van der Waals surface area contributed by atoms with Crippen molar-refractivity contribution in [2.45, 2.75) is 63.8 Å². The molecule has 3 atom stereocenters. The molecule has 2 saturated carbocycles. The molecule has 0 aromatic heterocycles. The van der Waals surface area contributed by atoms with Crippen LogP contribution in [0.1, 0.15) is 57.8 Å². The second-order valence-electron chi connectivity index (χ2n) is 6.52. The highest BCUT2D eigenvalue weighted by molar-refractivity contribution is 4.92. The van der Waals surface area contributed by atoms with Gasteiger partial charge in [0.05, 0.1) is 0 Å². The summed E-state index contributed by atoms with van der Waals surface area (Å²) in [7, 11) is 0. The Morgan fingerprint density at radius 3 is 2.65 bits per heavy atom. The van der Waals surface area contributed by atoms with Crippen LogP contribution in [0.4, 0.5) is 0 Å². The summed E-state index contributed by atoms with van der Waals surface area (Å²) in [5, 5.41) is 3.87. The lowest BCUT2D eigenvalue weighted by Gasteiger charge is -2.31. The topological polar surface area (TPSA) is 12.0 Å². The summed E-state index contributed by atoms with van der Waals surface area (Å²) < 4.78 is 0. The van der Waals surface area contributed by atoms with Gasteiger partial charge in [0.25, 0.3) is 0 Å². The zero-order valence-corrected chi connectivity index (χ0v) is 11.0. The minimum absolute atomic E-state index is 0.847. The molecule has 0 radical (unpaired) electrons. The van der Waals surface area contributed by atoms with Crippen molar-refractivity contribution in [2.24, 2.45) is 17.8 Å². The van der Waals surface area contributed by atoms with E-state index in [1.807, 2.05) is 0 Å². The molecule has 0 aliphatic heterocycles. The highest BCUT2D eigenvalue weighted by atomic mass is 14.9. The molecule has 3 aliphatic carbocycles. The van der Waals surface area contributed by atoms with Crippen LogP contribution in [0.3, 0.4) is 0 Å². The lowest BCUT2D eigenvalue weighted by molar-refractivity contribution is 0.251. The number of hydrogen-bond acceptors (Lipinski definition) is 1. The second kappa shape index (κ2) is 5.56. The molecule has 0 bridgehead atoms. The Bertz CT molecular complexity index is 267. The van der Waals surface area contributed by atoms with Crippen molar-refractivity contribution in [2.75, 3.05) is 6.54 Å². The Hall–Kier alpha value is -0.300. The van der Waals surface area contributed by atoms with Gasteiger partial charge in [0.15, 0.2) is 0 Å². The van der Waals surface area contributed by atoms with Gasteiger partial charge in [-0.2, -0.15) is 0 Å². The molecule has 1 N–H and O–H groups in total. The fourth-order valence-electron chi connectivity index (χ4n) is 3.78. The maximum atomic E-state index is 3.87. The molecule has 1 heteroatoms. The minimum Gasteiger partial charge on any atom is -0.314 e. The van der Waals surface area contributed by atoms with Crippen molar-refractivity contribution in [3.05, 3.63) is 12.2 Å². The molecule has 2 fully saturated rings. The van der Waals surface area contributed by atoms with Crippen molar-refractivity contribution in [1.82, 2.24) is 5.32 Å². The molecule has 3 unspecified atom stereocenters. The van der Waals surface area contributed by atoms with Crippen LogP contribution in [-0.4, -0.2) is 12.6 Å². The van der Waals surface area contributed by atoms with Crippen molar-refractivity contribution in [1.29, 1.82) is 0 Å². The first-order chi connectivity index (χ1) is 8.42. The quantitative estimate of drug-likeness (QED) is 0.726. The van der Waals surface area contributed by atoms with Crippen LogP contribution in [0.15, 0.2) is 12.2 Å². The molecule has 1 nitrogen and oxygen atoms in total. The van der Waals surface area contributed by atoms with Crippen LogP contribution in [0.5, 0.6) is 0 Å². The molecule has 3 aliphatic rings. The van der Waals surface area contributed by atoms with Gasteiger partial charge in [-0.3, -0.25) is 0 Å². The summed E-state index contributed by atoms with van der Waals surface area (Å²) in [5.74, 6) is 3.12. The van der Waals surface area contributed by atoms with Gasteiger partial charge in [0, 0.05) is 6.04 Å². The van der Waals surface area contributed by atoms with Crippen LogP contribution in [0.2, 0.25) is 0 Å². The largest absolute Gasteiger partial charge is 0.314 e. The van der Waals surface area contributed by atoms with Crippen molar-refractivity contribution in [3.63, 3.8) is 0 Å². The van der Waals surface area contributed by atoms with Crippen LogP contribution in [0, 0.1) is 17.8 Å². The third-order valence-electron chi connectivity index (χ3n) is 5.08. The van der Waals surface area contributed by atoms with Gasteiger partial charge >= 0.3 is 0 Å². The fraction of sp³-hybridized carbons (Fsp3) is 0.875. The molecule has 0 aromatic rings. The SMILES string of the molecule is C1=CCC(CNC2CCCC(C3CC3)C2)CC1. The highest BCUT2D eigenvalue weighted by Gasteiger charge is 2.34. The van der Waals surface area contributed by atoms with Crippen LogP contribution >= 0.6 is 0 Å². The Morgan fingerprint density at radius 1 is 0.941 bits per heavy atom. The van der Waals surface area contributed by atoms with E-state index in [0.29, 0.717) is 0 Å². The van der Waals surface area contributed by atoms with E-state index in [9.17, 15) is 0 Å². The van der Waals surface area contributed by atoms with Gasteiger partial charge < -0.3 is 5.32 Å². The van der Waals surface area contributed by atoms with Gasteiger partial charge in [0.2, 0.25) is 0 Å². The normalized spacial score (nSPS) is 38.2. The van der Waals surface area contributed by atoms with Crippen molar-refractivity contribution in [3.8, 4) is 0 Å². The molecule has 0 aromatic carbocycles. The van der Waals surface area contributed by atoms with E-state index in [1.54, 1.807) is 0 Å². The van der Waals surface area contributed by atoms with Crippen molar-refractivity contribution < 1.29 is 0 Å². The minimum atomic E-state index is 0.847. The van der Waals surface area contributed by atoms with Gasteiger partial charge in [-0.05, 0) is 69.2 Å². The highest BCUT2D eigenvalue weighted by Crippen LogP contribution is 2.43. The number of allylic oxidation sites excluding steroid dienone is 2. The van der Waals surface area contributed by atoms with Crippen LogP contribution < -0.4 is 5.32 Å². The van der Waals surface area contributed by atoms with Gasteiger partial charge in [-0.15, -0.1) is 0 Å². The van der Waals surface area contributed by atoms with E-state index in [-0.39, 0.29) is 0 Å². The van der Waals surface area contributed by atoms with Crippen LogP contribution in [0.25, 0.3) is 0 Å². The zero-order chi connectivity index (χ0) is 11.5. The summed E-state index contributed by atoms with van der Waals surface area (Å²) in [5.41, 5.74) is 0. The monoisotopic (exact) mass is 233 g/mol. The third-order valence-corrected chi connectivity index (χ3v) is 5.08. The summed E-state index contributed by atoms with van der Waals surface area (Å²) in [6.07, 6.45) is 17.7. The average molecular weight is 233 g/mol. The predicted molar refractivity (Wildman–Crippen MR) is 73.0 cm³/mol. The molecule has 0 spiro atoms. The number of rotatable bonds is 4. The average Bonchev–Trinajstić information content (AvgIpc) is 3.22. The first-order valence-corrected chi connectivity index (χ1v) is 7.80. The van der Waals surface area contributed by atoms with Gasteiger partial charge in [-0.1, -0.05) is 25.0 Å². The van der Waals surface area contributed by atoms with E-state index in [4.69, 9.17) is 0 Å². The van der Waals surface area contributed by atoms with E-state index in [1.165, 1.54) is 64.3 Å². The molecular weight excluding hydrogens is 206 g/mol. The standard InChI is InChI=1S/C16H27N/c1-2-5-13(6-3-1)12-17-16-8-4-7-15(11-16)14-9-10-14/h1-2,13-17H,3-12H2. The summed E-state index contributed by atoms with van der Waals surface area (Å²) >= 11 is 0. The predicted octanol–water partition coefficient (Wildman–Crippen LogP) is 3.90. The zero-order valence-electron chi connectivity index (χ0n) is 11.0. The van der Waals surface area contributed by atoms with Gasteiger partial charge in [0.1, 0.15) is 0 Å². The number of nitrogens with one attached hydrogen (secondary N) is 1. The molecular formula is C16H27N. The molecule has 0 heterocycles. The lowest BCUT2D eigenvalue weighted by atomic mass is 9.82. The summed E-state index contributed by atoms with van der Waals surface area (Å²) in [6, 6.07) is 0.847. The Morgan fingerprint density at radius 2 is 1.88 bits per heavy atom. The molecule has 17 heavy (non-hydrogen) atoms. The van der Waals surface area contributed by atoms with E-state index in [0.717, 1.165) is 23.8 Å². The molecule has 0 saturated heterocycles. The maximum absolute atomic E-state index is 3.87. The first-order valence-electron chi connectivity index (χ1n) is 7.80.